The van der Waals surface area contributed by atoms with Gasteiger partial charge in [-0.15, -0.1) is 10.2 Å². The van der Waals surface area contributed by atoms with Crippen molar-refractivity contribution < 1.29 is 4.74 Å². The summed E-state index contributed by atoms with van der Waals surface area (Å²) < 4.78 is 7.58. The van der Waals surface area contributed by atoms with Crippen LogP contribution in [0.3, 0.4) is 0 Å². The minimum absolute atomic E-state index is 0.0516. The molecule has 138 valence electrons. The summed E-state index contributed by atoms with van der Waals surface area (Å²) in [5.74, 6) is 1.73. The van der Waals surface area contributed by atoms with Gasteiger partial charge in [-0.25, -0.2) is 0 Å². The number of pyridine rings is 1. The first-order chi connectivity index (χ1) is 12.0. The van der Waals surface area contributed by atoms with Gasteiger partial charge < -0.3 is 15.4 Å². The van der Waals surface area contributed by atoms with Crippen LogP contribution in [0.2, 0.25) is 0 Å². The first-order valence-electron chi connectivity index (χ1n) is 8.79. The zero-order valence-electron chi connectivity index (χ0n) is 15.9. The average Bonchev–Trinajstić information content (AvgIpc) is 2.97. The van der Waals surface area contributed by atoms with E-state index >= 15 is 0 Å². The van der Waals surface area contributed by atoms with Gasteiger partial charge in [0.15, 0.2) is 11.6 Å². The summed E-state index contributed by atoms with van der Waals surface area (Å²) in [6.45, 7) is 10.7. The first-order valence-corrected chi connectivity index (χ1v) is 8.79. The highest BCUT2D eigenvalue weighted by Crippen LogP contribution is 2.21. The minimum Gasteiger partial charge on any atom is -0.379 e. The Morgan fingerprint density at radius 1 is 1.28 bits per heavy atom. The highest BCUT2D eigenvalue weighted by Gasteiger charge is 2.24. The number of hydrogen-bond acceptors (Lipinski definition) is 4. The van der Waals surface area contributed by atoms with Gasteiger partial charge in [-0.3, -0.25) is 9.39 Å². The van der Waals surface area contributed by atoms with Crippen LogP contribution in [0.5, 0.6) is 0 Å². The highest BCUT2D eigenvalue weighted by atomic mass is 16.5. The van der Waals surface area contributed by atoms with Crippen molar-refractivity contribution in [1.29, 1.82) is 0 Å². The second kappa shape index (κ2) is 8.80. The first kappa shape index (κ1) is 19.2. The Bertz CT molecular complexity index is 688. The van der Waals surface area contributed by atoms with Gasteiger partial charge in [-0.1, -0.05) is 26.8 Å². The largest absolute Gasteiger partial charge is 0.379 e. The monoisotopic (exact) mass is 346 g/mol. The molecule has 7 nitrogen and oxygen atoms in total. The quantitative estimate of drug-likeness (QED) is 0.591. The number of fused-ring (bicyclic) bond motifs is 1. The zero-order valence-corrected chi connectivity index (χ0v) is 15.9. The molecule has 2 aromatic rings. The van der Waals surface area contributed by atoms with Crippen molar-refractivity contribution >= 4 is 11.6 Å². The SMILES string of the molecule is CCNC(=NCC(OC)C(C)(C)C)NCCc1nnc2ccccn12. The van der Waals surface area contributed by atoms with Crippen LogP contribution in [0.4, 0.5) is 0 Å². The molecule has 2 aromatic heterocycles. The Morgan fingerprint density at radius 2 is 2.08 bits per heavy atom. The van der Waals surface area contributed by atoms with Gasteiger partial charge >= 0.3 is 0 Å². The van der Waals surface area contributed by atoms with Gasteiger partial charge in [0.05, 0.1) is 12.6 Å². The molecular weight excluding hydrogens is 316 g/mol. The predicted molar refractivity (Wildman–Crippen MR) is 101 cm³/mol. The van der Waals surface area contributed by atoms with E-state index in [4.69, 9.17) is 4.74 Å². The maximum atomic E-state index is 5.57. The predicted octanol–water partition coefficient (Wildman–Crippen LogP) is 1.89. The molecule has 1 unspecified atom stereocenters. The number of ether oxygens (including phenoxy) is 1. The molecule has 2 rings (SSSR count). The van der Waals surface area contributed by atoms with Crippen LogP contribution in [-0.2, 0) is 11.2 Å². The van der Waals surface area contributed by atoms with Crippen LogP contribution in [0, 0.1) is 5.41 Å². The number of aromatic nitrogens is 3. The van der Waals surface area contributed by atoms with Crippen molar-refractivity contribution in [1.82, 2.24) is 25.2 Å². The van der Waals surface area contributed by atoms with Gasteiger partial charge in [0.25, 0.3) is 0 Å². The Hall–Kier alpha value is -2.15. The van der Waals surface area contributed by atoms with E-state index in [0.29, 0.717) is 6.54 Å². The third-order valence-electron chi connectivity index (χ3n) is 4.04. The molecule has 0 spiro atoms. The summed E-state index contributed by atoms with van der Waals surface area (Å²) in [5, 5.41) is 15.1. The lowest BCUT2D eigenvalue weighted by Gasteiger charge is -2.28. The molecule has 0 amide bonds. The van der Waals surface area contributed by atoms with Gasteiger partial charge in [0, 0.05) is 32.8 Å². The maximum absolute atomic E-state index is 5.57. The lowest BCUT2D eigenvalue weighted by molar-refractivity contribution is 0.0241. The van der Waals surface area contributed by atoms with E-state index < -0.39 is 0 Å². The standard InChI is InChI=1S/C18H30N6O/c1-6-19-17(21-13-14(25-5)18(2,3)4)20-11-10-16-23-22-15-9-7-8-12-24(15)16/h7-9,12,14H,6,10-11,13H2,1-5H3,(H2,19,20,21). The van der Waals surface area contributed by atoms with Gasteiger partial charge in [-0.05, 0) is 24.5 Å². The number of hydrogen-bond donors (Lipinski definition) is 2. The molecule has 2 N–H and O–H groups in total. The molecule has 0 aliphatic rings. The van der Waals surface area contributed by atoms with Crippen molar-refractivity contribution in [2.75, 3.05) is 26.7 Å². The fraction of sp³-hybridized carbons (Fsp3) is 0.611. The fourth-order valence-corrected chi connectivity index (χ4v) is 2.57. The zero-order chi connectivity index (χ0) is 18.3. The molecule has 25 heavy (non-hydrogen) atoms. The van der Waals surface area contributed by atoms with E-state index in [-0.39, 0.29) is 11.5 Å². The lowest BCUT2D eigenvalue weighted by atomic mass is 9.89. The number of nitrogens with one attached hydrogen (secondary N) is 2. The molecule has 7 heteroatoms. The van der Waals surface area contributed by atoms with E-state index in [1.807, 2.05) is 28.8 Å². The number of nitrogens with zero attached hydrogens (tertiary/aromatic N) is 4. The molecule has 0 aromatic carbocycles. The van der Waals surface area contributed by atoms with Crippen molar-refractivity contribution in [2.45, 2.75) is 40.2 Å². The Balaban J connectivity index is 1.93. The van der Waals surface area contributed by atoms with E-state index in [1.165, 1.54) is 0 Å². The number of aliphatic imine (C=N–C) groups is 1. The second-order valence-electron chi connectivity index (χ2n) is 7.03. The third-order valence-corrected chi connectivity index (χ3v) is 4.04. The normalized spacial score (nSPS) is 13.9. The molecule has 1 atom stereocenters. The molecule has 0 bridgehead atoms. The maximum Gasteiger partial charge on any atom is 0.191 e. The van der Waals surface area contributed by atoms with Crippen molar-refractivity contribution in [3.63, 3.8) is 0 Å². The summed E-state index contributed by atoms with van der Waals surface area (Å²) in [6.07, 6.45) is 2.82. The fourth-order valence-electron chi connectivity index (χ4n) is 2.57. The highest BCUT2D eigenvalue weighted by molar-refractivity contribution is 5.79. The Kier molecular flexibility index (Phi) is 6.75. The average molecular weight is 346 g/mol. The van der Waals surface area contributed by atoms with E-state index in [1.54, 1.807) is 7.11 Å². The summed E-state index contributed by atoms with van der Waals surface area (Å²) in [6, 6.07) is 5.90. The van der Waals surface area contributed by atoms with Gasteiger partial charge in [0.2, 0.25) is 0 Å². The lowest BCUT2D eigenvalue weighted by Crippen LogP contribution is -2.40. The van der Waals surface area contributed by atoms with Crippen LogP contribution >= 0.6 is 0 Å². The summed E-state index contributed by atoms with van der Waals surface area (Å²) in [4.78, 5) is 4.66. The van der Waals surface area contributed by atoms with Crippen LogP contribution < -0.4 is 10.6 Å². The van der Waals surface area contributed by atoms with Gasteiger partial charge in [-0.2, -0.15) is 0 Å². The molecule has 0 aliphatic carbocycles. The number of rotatable bonds is 7. The van der Waals surface area contributed by atoms with Crippen molar-refractivity contribution in [3.8, 4) is 0 Å². The third kappa shape index (κ3) is 5.42. The van der Waals surface area contributed by atoms with Crippen LogP contribution in [-0.4, -0.2) is 53.4 Å². The van der Waals surface area contributed by atoms with Crippen molar-refractivity contribution in [3.05, 3.63) is 30.2 Å². The van der Waals surface area contributed by atoms with Crippen LogP contribution in [0.15, 0.2) is 29.4 Å². The summed E-state index contributed by atoms with van der Waals surface area (Å²) in [5.41, 5.74) is 0.918. The molecule has 0 saturated carbocycles. The molecule has 2 heterocycles. The molecule has 0 fully saturated rings. The summed E-state index contributed by atoms with van der Waals surface area (Å²) >= 11 is 0. The molecular formula is C18H30N6O. The van der Waals surface area contributed by atoms with Crippen LogP contribution in [0.25, 0.3) is 5.65 Å². The molecule has 0 radical (unpaired) electrons. The van der Waals surface area contributed by atoms with E-state index in [9.17, 15) is 0 Å². The minimum atomic E-state index is 0.0516. The van der Waals surface area contributed by atoms with Crippen LogP contribution in [0.1, 0.15) is 33.5 Å². The van der Waals surface area contributed by atoms with Gasteiger partial charge in [0.1, 0.15) is 5.82 Å². The number of guanidine groups is 1. The van der Waals surface area contributed by atoms with Crippen molar-refractivity contribution in [2.24, 2.45) is 10.4 Å². The Labute approximate surface area is 149 Å². The van der Waals surface area contributed by atoms with E-state index in [2.05, 4.69) is 53.5 Å². The summed E-state index contributed by atoms with van der Waals surface area (Å²) in [7, 11) is 1.74. The molecule has 0 aliphatic heterocycles. The van der Waals surface area contributed by atoms with E-state index in [0.717, 1.165) is 36.9 Å². The number of methoxy groups -OCH3 is 1. The smallest absolute Gasteiger partial charge is 0.191 e. The molecule has 0 saturated heterocycles. The topological polar surface area (TPSA) is 75.8 Å². The Morgan fingerprint density at radius 3 is 2.76 bits per heavy atom. The second-order valence-corrected chi connectivity index (χ2v) is 7.03.